The molecule has 0 aromatic carbocycles. The number of rotatable bonds is 5. The number of halogens is 3. The molecule has 1 saturated carbocycles. The molecule has 1 heterocycles. The van der Waals surface area contributed by atoms with E-state index in [2.05, 4.69) is 21.9 Å². The van der Waals surface area contributed by atoms with Crippen molar-refractivity contribution in [3.05, 3.63) is 0 Å². The van der Waals surface area contributed by atoms with Crippen LogP contribution in [-0.2, 0) is 4.74 Å². The van der Waals surface area contributed by atoms with E-state index in [-0.39, 0.29) is 12.1 Å². The fourth-order valence-corrected chi connectivity index (χ4v) is 3.76. The van der Waals surface area contributed by atoms with E-state index in [1.165, 1.54) is 19.3 Å². The molecule has 0 amide bonds. The van der Waals surface area contributed by atoms with Crippen LogP contribution in [0.4, 0.5) is 13.2 Å². The Morgan fingerprint density at radius 2 is 1.95 bits per heavy atom. The van der Waals surface area contributed by atoms with E-state index in [9.17, 15) is 13.2 Å². The number of hydrogen-bond donors (Lipinski definition) is 1. The van der Waals surface area contributed by atoms with Gasteiger partial charge in [0.2, 0.25) is 0 Å². The van der Waals surface area contributed by atoms with Crippen LogP contribution in [0.15, 0.2) is 0 Å². The summed E-state index contributed by atoms with van der Waals surface area (Å²) in [5.41, 5.74) is 0.126. The molecule has 1 aliphatic heterocycles. The third-order valence-corrected chi connectivity index (χ3v) is 4.81. The lowest BCUT2D eigenvalue weighted by atomic mass is 9.79. The Hall–Kier alpha value is -0.330. The van der Waals surface area contributed by atoms with E-state index in [1.54, 1.807) is 0 Å². The average Bonchev–Trinajstić information content (AvgIpc) is 2.42. The van der Waals surface area contributed by atoms with Gasteiger partial charge in [0.15, 0.2) is 0 Å². The van der Waals surface area contributed by atoms with Crippen molar-refractivity contribution in [2.24, 2.45) is 0 Å². The van der Waals surface area contributed by atoms with Crippen molar-refractivity contribution < 1.29 is 17.9 Å². The van der Waals surface area contributed by atoms with Crippen LogP contribution < -0.4 is 5.32 Å². The first-order valence-electron chi connectivity index (χ1n) is 8.14. The molecule has 0 aromatic heterocycles. The molecule has 2 fully saturated rings. The monoisotopic (exact) mass is 308 g/mol. The van der Waals surface area contributed by atoms with Crippen LogP contribution in [-0.4, -0.2) is 49.1 Å². The molecule has 1 aliphatic carbocycles. The lowest BCUT2D eigenvalue weighted by molar-refractivity contribution is -0.325. The maximum Gasteiger partial charge on any atom is 0.522 e. The summed E-state index contributed by atoms with van der Waals surface area (Å²) in [6.45, 7) is 3.97. The maximum absolute atomic E-state index is 12.2. The third-order valence-electron chi connectivity index (χ3n) is 4.81. The molecule has 124 valence electrons. The van der Waals surface area contributed by atoms with Crippen LogP contribution in [0.5, 0.6) is 0 Å². The highest BCUT2D eigenvalue weighted by Gasteiger charge is 2.39. The maximum atomic E-state index is 12.2. The zero-order valence-corrected chi connectivity index (χ0v) is 12.8. The number of ether oxygens (including phenoxy) is 1. The van der Waals surface area contributed by atoms with E-state index in [4.69, 9.17) is 0 Å². The fourth-order valence-electron chi connectivity index (χ4n) is 3.76. The molecule has 3 nitrogen and oxygen atoms in total. The lowest BCUT2D eigenvalue weighted by Gasteiger charge is -2.50. The quantitative estimate of drug-likeness (QED) is 0.843. The molecule has 0 bridgehead atoms. The predicted molar refractivity (Wildman–Crippen MR) is 76.1 cm³/mol. The van der Waals surface area contributed by atoms with Gasteiger partial charge in [-0.1, -0.05) is 32.6 Å². The second kappa shape index (κ2) is 7.29. The smallest absolute Gasteiger partial charge is 0.308 e. The normalized spacial score (nSPS) is 27.1. The number of hydrogen-bond acceptors (Lipinski definition) is 3. The highest BCUT2D eigenvalue weighted by atomic mass is 19.4. The summed E-state index contributed by atoms with van der Waals surface area (Å²) in [6.07, 6.45) is 3.56. The summed E-state index contributed by atoms with van der Waals surface area (Å²) < 4.78 is 40.4. The fraction of sp³-hybridized carbons (Fsp3) is 1.00. The van der Waals surface area contributed by atoms with Gasteiger partial charge in [0.25, 0.3) is 0 Å². The van der Waals surface area contributed by atoms with Crippen molar-refractivity contribution in [3.63, 3.8) is 0 Å². The summed E-state index contributed by atoms with van der Waals surface area (Å²) in [4.78, 5) is 2.22. The van der Waals surface area contributed by atoms with Gasteiger partial charge in [0, 0.05) is 31.2 Å². The number of alkyl halides is 3. The van der Waals surface area contributed by atoms with Gasteiger partial charge in [-0.15, -0.1) is 13.2 Å². The second-order valence-electron chi connectivity index (χ2n) is 6.43. The topological polar surface area (TPSA) is 24.5 Å². The number of piperazine rings is 1. The van der Waals surface area contributed by atoms with Crippen molar-refractivity contribution in [1.82, 2.24) is 10.2 Å². The van der Waals surface area contributed by atoms with Gasteiger partial charge in [0.1, 0.15) is 0 Å². The first-order chi connectivity index (χ1) is 9.94. The molecule has 0 radical (unpaired) electrons. The molecular weight excluding hydrogens is 281 g/mol. The van der Waals surface area contributed by atoms with Gasteiger partial charge in [-0.2, -0.15) is 0 Å². The summed E-state index contributed by atoms with van der Waals surface area (Å²) in [6, 6.07) is 0.333. The van der Waals surface area contributed by atoms with Crippen molar-refractivity contribution in [1.29, 1.82) is 0 Å². The summed E-state index contributed by atoms with van der Waals surface area (Å²) in [7, 11) is 0. The molecule has 1 atom stereocenters. The Morgan fingerprint density at radius 3 is 2.57 bits per heavy atom. The van der Waals surface area contributed by atoms with E-state index in [0.717, 1.165) is 38.8 Å². The lowest BCUT2D eigenvalue weighted by Crippen LogP contribution is -2.65. The number of nitrogens with one attached hydrogen (secondary N) is 1. The summed E-state index contributed by atoms with van der Waals surface area (Å²) in [5.74, 6) is 0. The molecule has 1 spiro atoms. The average molecular weight is 308 g/mol. The molecule has 1 unspecified atom stereocenters. The Bertz CT molecular complexity index is 317. The highest BCUT2D eigenvalue weighted by molar-refractivity contribution is 4.99. The zero-order chi connectivity index (χ0) is 15.3. The largest absolute Gasteiger partial charge is 0.522 e. The first-order valence-corrected chi connectivity index (χ1v) is 8.14. The second-order valence-corrected chi connectivity index (χ2v) is 6.43. The van der Waals surface area contributed by atoms with Crippen LogP contribution in [0, 0.1) is 0 Å². The van der Waals surface area contributed by atoms with Gasteiger partial charge < -0.3 is 5.32 Å². The van der Waals surface area contributed by atoms with Crippen LogP contribution in [0.2, 0.25) is 0 Å². The number of nitrogens with zero attached hydrogens (tertiary/aromatic N) is 1. The Labute approximate surface area is 125 Å². The summed E-state index contributed by atoms with van der Waals surface area (Å²) in [5, 5.41) is 3.70. The molecule has 1 saturated heterocycles. The van der Waals surface area contributed by atoms with Crippen LogP contribution in [0.3, 0.4) is 0 Å². The van der Waals surface area contributed by atoms with Crippen molar-refractivity contribution in [2.45, 2.75) is 69.8 Å². The van der Waals surface area contributed by atoms with Crippen LogP contribution in [0.25, 0.3) is 0 Å². The van der Waals surface area contributed by atoms with Crippen molar-refractivity contribution in [2.75, 3.05) is 26.2 Å². The highest BCUT2D eigenvalue weighted by Crippen LogP contribution is 2.32. The SMILES string of the molecule is CCCC1CNC2(CCCCC2)CN1CCOC(F)(F)F. The standard InChI is InChI=1S/C15H27F3N2O/c1-2-6-13-11-19-14(7-4-3-5-8-14)12-20(13)9-10-21-15(16,17)18/h13,19H,2-12H2,1H3. The van der Waals surface area contributed by atoms with E-state index < -0.39 is 6.36 Å². The molecular formula is C15H27F3N2O. The Balaban J connectivity index is 1.91. The van der Waals surface area contributed by atoms with Gasteiger partial charge in [-0.3, -0.25) is 9.64 Å². The minimum absolute atomic E-state index is 0.126. The minimum Gasteiger partial charge on any atom is -0.308 e. The minimum atomic E-state index is -4.52. The van der Waals surface area contributed by atoms with Crippen molar-refractivity contribution >= 4 is 0 Å². The van der Waals surface area contributed by atoms with Crippen molar-refractivity contribution in [3.8, 4) is 0 Å². The van der Waals surface area contributed by atoms with Gasteiger partial charge in [-0.25, -0.2) is 0 Å². The Morgan fingerprint density at radius 1 is 1.24 bits per heavy atom. The summed E-state index contributed by atoms with van der Waals surface area (Å²) >= 11 is 0. The third kappa shape index (κ3) is 5.11. The van der Waals surface area contributed by atoms with Crippen LogP contribution in [0.1, 0.15) is 51.9 Å². The zero-order valence-electron chi connectivity index (χ0n) is 12.8. The van der Waals surface area contributed by atoms with Gasteiger partial charge >= 0.3 is 6.36 Å². The molecule has 2 rings (SSSR count). The predicted octanol–water partition coefficient (Wildman–Crippen LogP) is 3.30. The molecule has 6 heteroatoms. The van der Waals surface area contributed by atoms with E-state index in [0.29, 0.717) is 12.6 Å². The van der Waals surface area contributed by atoms with E-state index >= 15 is 0 Å². The van der Waals surface area contributed by atoms with Gasteiger partial charge in [0.05, 0.1) is 6.61 Å². The Kier molecular flexibility index (Phi) is 5.91. The first kappa shape index (κ1) is 17.0. The van der Waals surface area contributed by atoms with E-state index in [1.807, 2.05) is 0 Å². The molecule has 21 heavy (non-hydrogen) atoms. The molecule has 1 N–H and O–H groups in total. The molecule has 2 aliphatic rings. The van der Waals surface area contributed by atoms with Crippen LogP contribution >= 0.6 is 0 Å². The van der Waals surface area contributed by atoms with Gasteiger partial charge in [-0.05, 0) is 19.3 Å². The molecule has 0 aromatic rings.